The van der Waals surface area contributed by atoms with E-state index in [1.54, 1.807) is 4.90 Å². The fraction of sp³-hybridized carbons (Fsp3) is 0.364. The van der Waals surface area contributed by atoms with E-state index in [0.29, 0.717) is 24.4 Å². The minimum atomic E-state index is -0.476. The van der Waals surface area contributed by atoms with E-state index >= 15 is 0 Å². The van der Waals surface area contributed by atoms with Crippen LogP contribution in [0.2, 0.25) is 0 Å². The van der Waals surface area contributed by atoms with Crippen LogP contribution in [0.4, 0.5) is 5.69 Å². The van der Waals surface area contributed by atoms with Crippen molar-refractivity contribution in [3.63, 3.8) is 0 Å². The van der Waals surface area contributed by atoms with Crippen molar-refractivity contribution < 1.29 is 9.59 Å². The molecule has 2 aromatic rings. The number of anilines is 1. The molecule has 1 N–H and O–H groups in total. The van der Waals surface area contributed by atoms with Crippen LogP contribution in [0.15, 0.2) is 42.5 Å². The van der Waals surface area contributed by atoms with Crippen LogP contribution >= 0.6 is 0 Å². The van der Waals surface area contributed by atoms with Crippen molar-refractivity contribution in [2.24, 2.45) is 5.92 Å². The van der Waals surface area contributed by atoms with Crippen molar-refractivity contribution in [3.05, 3.63) is 64.7 Å². The van der Waals surface area contributed by atoms with Crippen LogP contribution in [0.5, 0.6) is 0 Å². The summed E-state index contributed by atoms with van der Waals surface area (Å²) in [6, 6.07) is 13.1. The predicted molar refractivity (Wildman–Crippen MR) is 104 cm³/mol. The molecule has 26 heavy (non-hydrogen) atoms. The molecule has 0 unspecified atom stereocenters. The number of nitrogens with one attached hydrogen (secondary N) is 1. The number of rotatable bonds is 5. The summed E-state index contributed by atoms with van der Waals surface area (Å²) in [6.45, 7) is 8.65. The van der Waals surface area contributed by atoms with Crippen molar-refractivity contribution in [1.82, 2.24) is 4.90 Å². The summed E-state index contributed by atoms with van der Waals surface area (Å²) in [5.41, 5.74) is 4.69. The number of hydrogen-bond acceptors (Lipinski definition) is 2. The summed E-state index contributed by atoms with van der Waals surface area (Å²) >= 11 is 0. The number of carbonyl (C=O) groups excluding carboxylic acids is 2. The molecule has 1 heterocycles. The third-order valence-corrected chi connectivity index (χ3v) is 4.86. The van der Waals surface area contributed by atoms with Gasteiger partial charge in [0.15, 0.2) is 0 Å². The topological polar surface area (TPSA) is 49.4 Å². The zero-order valence-electron chi connectivity index (χ0n) is 15.9. The highest BCUT2D eigenvalue weighted by molar-refractivity contribution is 6.03. The predicted octanol–water partition coefficient (Wildman–Crippen LogP) is 4.31. The highest BCUT2D eigenvalue weighted by Gasteiger charge is 2.36. The minimum absolute atomic E-state index is 0.0537. The molecule has 0 fully saturated rings. The summed E-state index contributed by atoms with van der Waals surface area (Å²) in [5.74, 6) is 0.134. The van der Waals surface area contributed by atoms with Crippen LogP contribution in [-0.4, -0.2) is 22.8 Å². The summed E-state index contributed by atoms with van der Waals surface area (Å²) in [5, 5.41) is 3.03. The Hall–Kier alpha value is -2.62. The van der Waals surface area contributed by atoms with Gasteiger partial charge in [-0.15, -0.1) is 0 Å². The minimum Gasteiger partial charge on any atom is -0.324 e. The summed E-state index contributed by atoms with van der Waals surface area (Å²) in [6.07, 6.45) is 0.635. The Morgan fingerprint density at radius 2 is 1.88 bits per heavy atom. The standard InChI is InChI=1S/C22H26N2O2/c1-14(2)11-20(21(25)23-19-10-9-15(3)12-16(19)4)24-13-17-7-5-6-8-18(17)22(24)26/h5-10,12,14,20H,11,13H2,1-4H3,(H,23,25)/t20-/m0/s1. The lowest BCUT2D eigenvalue weighted by molar-refractivity contribution is -0.121. The molecule has 0 saturated heterocycles. The first kappa shape index (κ1) is 18.2. The van der Waals surface area contributed by atoms with E-state index in [0.717, 1.165) is 22.4 Å². The van der Waals surface area contributed by atoms with Gasteiger partial charge in [0, 0.05) is 17.8 Å². The van der Waals surface area contributed by atoms with Crippen LogP contribution < -0.4 is 5.32 Å². The Morgan fingerprint density at radius 1 is 1.15 bits per heavy atom. The van der Waals surface area contributed by atoms with Gasteiger partial charge in [0.1, 0.15) is 6.04 Å². The van der Waals surface area contributed by atoms with Gasteiger partial charge in [-0.05, 0) is 49.4 Å². The second-order valence-corrected chi connectivity index (χ2v) is 7.54. The largest absolute Gasteiger partial charge is 0.324 e. The highest BCUT2D eigenvalue weighted by atomic mass is 16.2. The summed E-state index contributed by atoms with van der Waals surface area (Å²) in [7, 11) is 0. The molecule has 0 aromatic heterocycles. The Kier molecular flexibility index (Phi) is 5.12. The molecule has 1 atom stereocenters. The number of amides is 2. The van der Waals surface area contributed by atoms with Gasteiger partial charge in [-0.1, -0.05) is 49.7 Å². The molecule has 0 radical (unpaired) electrons. The Balaban J connectivity index is 1.84. The van der Waals surface area contributed by atoms with Gasteiger partial charge in [0.2, 0.25) is 5.91 Å². The monoisotopic (exact) mass is 350 g/mol. The molecule has 0 saturated carbocycles. The van der Waals surface area contributed by atoms with Gasteiger partial charge in [-0.25, -0.2) is 0 Å². The van der Waals surface area contributed by atoms with Crippen LogP contribution in [0, 0.1) is 19.8 Å². The number of hydrogen-bond donors (Lipinski definition) is 1. The fourth-order valence-corrected chi connectivity index (χ4v) is 3.52. The van der Waals surface area contributed by atoms with Crippen molar-refractivity contribution in [1.29, 1.82) is 0 Å². The Morgan fingerprint density at radius 3 is 2.54 bits per heavy atom. The second-order valence-electron chi connectivity index (χ2n) is 7.54. The van der Waals surface area contributed by atoms with E-state index in [4.69, 9.17) is 0 Å². The first-order valence-corrected chi connectivity index (χ1v) is 9.14. The average Bonchev–Trinajstić information content (AvgIpc) is 2.92. The number of carbonyl (C=O) groups is 2. The first-order chi connectivity index (χ1) is 12.4. The maximum Gasteiger partial charge on any atom is 0.255 e. The maximum absolute atomic E-state index is 13.1. The molecule has 1 aliphatic heterocycles. The Labute approximate surface area is 155 Å². The quantitative estimate of drug-likeness (QED) is 0.873. The van der Waals surface area contributed by atoms with E-state index in [-0.39, 0.29) is 11.8 Å². The number of aryl methyl sites for hydroxylation is 2. The molecule has 0 spiro atoms. The number of fused-ring (bicyclic) bond motifs is 1. The lowest BCUT2D eigenvalue weighted by atomic mass is 10.0. The van der Waals surface area contributed by atoms with Gasteiger partial charge in [0.25, 0.3) is 5.91 Å². The summed E-state index contributed by atoms with van der Waals surface area (Å²) in [4.78, 5) is 27.6. The van der Waals surface area contributed by atoms with E-state index in [2.05, 4.69) is 19.2 Å². The molecule has 0 bridgehead atoms. The molecule has 4 heteroatoms. The van der Waals surface area contributed by atoms with Gasteiger partial charge in [0.05, 0.1) is 0 Å². The van der Waals surface area contributed by atoms with Crippen molar-refractivity contribution in [2.45, 2.75) is 46.7 Å². The molecule has 136 valence electrons. The van der Waals surface area contributed by atoms with E-state index in [9.17, 15) is 9.59 Å². The normalized spacial score (nSPS) is 14.5. The first-order valence-electron chi connectivity index (χ1n) is 9.14. The van der Waals surface area contributed by atoms with Crippen LogP contribution in [0.25, 0.3) is 0 Å². The van der Waals surface area contributed by atoms with Crippen molar-refractivity contribution in [3.8, 4) is 0 Å². The SMILES string of the molecule is Cc1ccc(NC(=O)[C@H](CC(C)C)N2Cc3ccccc3C2=O)c(C)c1. The zero-order valence-corrected chi connectivity index (χ0v) is 15.9. The summed E-state index contributed by atoms with van der Waals surface area (Å²) < 4.78 is 0. The number of benzene rings is 2. The molecule has 3 rings (SSSR count). The van der Waals surface area contributed by atoms with Gasteiger partial charge < -0.3 is 10.2 Å². The van der Waals surface area contributed by atoms with Crippen LogP contribution in [0.1, 0.15) is 47.3 Å². The molecular formula is C22H26N2O2. The smallest absolute Gasteiger partial charge is 0.255 e. The fourth-order valence-electron chi connectivity index (χ4n) is 3.52. The van der Waals surface area contributed by atoms with Gasteiger partial charge >= 0.3 is 0 Å². The van der Waals surface area contributed by atoms with Crippen molar-refractivity contribution in [2.75, 3.05) is 5.32 Å². The molecule has 0 aliphatic carbocycles. The van der Waals surface area contributed by atoms with E-state index < -0.39 is 6.04 Å². The third-order valence-electron chi connectivity index (χ3n) is 4.86. The number of nitrogens with zero attached hydrogens (tertiary/aromatic N) is 1. The third kappa shape index (κ3) is 3.64. The van der Waals surface area contributed by atoms with E-state index in [1.165, 1.54) is 0 Å². The molecule has 2 amide bonds. The second kappa shape index (κ2) is 7.32. The van der Waals surface area contributed by atoms with Crippen LogP contribution in [0.3, 0.4) is 0 Å². The molecular weight excluding hydrogens is 324 g/mol. The Bertz CT molecular complexity index is 842. The van der Waals surface area contributed by atoms with E-state index in [1.807, 2.05) is 56.3 Å². The van der Waals surface area contributed by atoms with Crippen molar-refractivity contribution >= 4 is 17.5 Å². The van der Waals surface area contributed by atoms with Gasteiger partial charge in [-0.3, -0.25) is 9.59 Å². The maximum atomic E-state index is 13.1. The lowest BCUT2D eigenvalue weighted by Gasteiger charge is -2.28. The zero-order chi connectivity index (χ0) is 18.8. The van der Waals surface area contributed by atoms with Gasteiger partial charge in [-0.2, -0.15) is 0 Å². The van der Waals surface area contributed by atoms with Crippen LogP contribution in [-0.2, 0) is 11.3 Å². The molecule has 1 aliphatic rings. The average molecular weight is 350 g/mol. The lowest BCUT2D eigenvalue weighted by Crippen LogP contribution is -2.45. The highest BCUT2D eigenvalue weighted by Crippen LogP contribution is 2.28. The molecule has 2 aromatic carbocycles. The molecule has 4 nitrogen and oxygen atoms in total.